The molecule has 9 aromatic carbocycles. The zero-order valence-electron chi connectivity index (χ0n) is 75.4. The fourth-order valence-corrected chi connectivity index (χ4v) is 19.5. The molecule has 666 valence electrons. The summed E-state index contributed by atoms with van der Waals surface area (Å²) in [5, 5.41) is 5.68. The lowest BCUT2D eigenvalue weighted by Crippen LogP contribution is -2.46. The normalized spacial score (nSPS) is 16.1. The first kappa shape index (κ1) is 91.3. The predicted molar refractivity (Wildman–Crippen MR) is 506 cm³/mol. The Labute approximate surface area is 751 Å². The minimum absolute atomic E-state index is 0.0574. The Morgan fingerprint density at radius 3 is 1.08 bits per heavy atom. The average molecular weight is 1730 g/mol. The first-order chi connectivity index (χ1) is 61.8. The Balaban J connectivity index is 0.000000154. The molecule has 21 nitrogen and oxygen atoms in total. The van der Waals surface area contributed by atoms with E-state index in [4.69, 9.17) is 33.2 Å². The molecule has 10 aromatic rings. The van der Waals surface area contributed by atoms with Crippen molar-refractivity contribution < 1.29 is 47.5 Å². The van der Waals surface area contributed by atoms with Gasteiger partial charge in [0.1, 0.15) is 0 Å². The zero-order valence-corrected chi connectivity index (χ0v) is 76.2. The fraction of sp³-hybridized carbons (Fsp3) is 0.413. The first-order valence-electron chi connectivity index (χ1n) is 45.3. The highest BCUT2D eigenvalue weighted by molar-refractivity contribution is 7.09. The van der Waals surface area contributed by atoms with Crippen LogP contribution in [-0.4, -0.2) is 213 Å². The summed E-state index contributed by atoms with van der Waals surface area (Å²) in [6.07, 6.45) is 5.20. The number of amides is 3. The van der Waals surface area contributed by atoms with Gasteiger partial charge in [-0.2, -0.15) is 0 Å². The molecule has 3 fully saturated rings. The quantitative estimate of drug-likeness (QED) is 0.0364. The van der Waals surface area contributed by atoms with E-state index in [1.807, 2.05) is 83.8 Å². The zero-order chi connectivity index (χ0) is 87.7. The minimum Gasteiger partial charge on any atom is -0.493 e. The standard InChI is InChI=1S/C40H48N4O3.C33H41N3O4.C31H40N4O3S/c1-4-41-23-25-43(26-24-41)37-18-11-17-34-35(37)30-44(40(34)45)36(33-20-21-38(46-2)39(27-33)47-3)19-12-22-42(28-31-13-7-5-8-14-31)29-32-15-9-6-10-16-32;1-4-34-17-19-35(20-18-34)30-13-8-12-27-28(30)23-36(33(27)37)29(26-15-16-31(38-2)32(22-26)39-3)14-9-21-40-24-25-10-6-5-7-11-25;1-4-33-15-17-34(18-16-33)28-10-5-9-25-26(28)22-35(31(25)36)27(11-6-14-32-21-24-8-7-19-39-24)23-12-13-29(37-2)30(20-23)38-3/h5-11,13-18,20-21,27,36H,4,12,19,22-26,28-30H2,1-3H3;5-8,10-13,15-16,22,29H,4,9,14,17-21,23-24H2,1-3H3;5,7-10,12-13,19-20,27,32H,4,6,11,14-18,21-22H2,1-3H3/t36-;29-;27-/m111/s1. The largest absolute Gasteiger partial charge is 0.493 e. The summed E-state index contributed by atoms with van der Waals surface area (Å²) in [6.45, 7) is 29.6. The Morgan fingerprint density at radius 2 is 0.730 bits per heavy atom. The number of nitrogens with one attached hydrogen (secondary N) is 1. The van der Waals surface area contributed by atoms with Crippen molar-refractivity contribution >= 4 is 46.1 Å². The molecule has 0 spiro atoms. The number of likely N-dealkylation sites (N-methyl/N-ethyl adjacent to an activating group) is 3. The second-order valence-electron chi connectivity index (χ2n) is 33.3. The number of nitrogens with zero attached hydrogens (tertiary/aromatic N) is 10. The number of carbonyl (C=O) groups excluding carboxylic acids is 3. The molecule has 1 aromatic heterocycles. The molecule has 126 heavy (non-hydrogen) atoms. The highest BCUT2D eigenvalue weighted by atomic mass is 32.1. The molecular formula is C104H129N11O10S. The van der Waals surface area contributed by atoms with Gasteiger partial charge in [-0.05, 0) is 189 Å². The smallest absolute Gasteiger partial charge is 0.255 e. The van der Waals surface area contributed by atoms with Crippen molar-refractivity contribution in [3.8, 4) is 34.5 Å². The van der Waals surface area contributed by atoms with Gasteiger partial charge in [0.15, 0.2) is 34.5 Å². The predicted octanol–water partition coefficient (Wildman–Crippen LogP) is 17.7. The average Bonchev–Trinajstić information content (AvgIpc) is 1.62. The molecule has 22 heteroatoms. The van der Waals surface area contributed by atoms with Gasteiger partial charge in [0.05, 0.1) is 67.4 Å². The van der Waals surface area contributed by atoms with Crippen molar-refractivity contribution in [2.75, 3.05) is 175 Å². The van der Waals surface area contributed by atoms with Crippen molar-refractivity contribution in [2.45, 2.75) is 123 Å². The Morgan fingerprint density at radius 1 is 0.373 bits per heavy atom. The van der Waals surface area contributed by atoms with Crippen LogP contribution in [0.1, 0.15) is 163 Å². The van der Waals surface area contributed by atoms with Gasteiger partial charge in [-0.1, -0.05) is 154 Å². The van der Waals surface area contributed by atoms with Crippen molar-refractivity contribution in [1.82, 2.24) is 39.6 Å². The Kier molecular flexibility index (Phi) is 32.9. The number of thiophene rings is 1. The van der Waals surface area contributed by atoms with Gasteiger partial charge >= 0.3 is 0 Å². The van der Waals surface area contributed by atoms with E-state index in [0.29, 0.717) is 67.3 Å². The lowest BCUT2D eigenvalue weighted by Gasteiger charge is -2.36. The van der Waals surface area contributed by atoms with Gasteiger partial charge in [-0.15, -0.1) is 11.3 Å². The van der Waals surface area contributed by atoms with Crippen LogP contribution in [-0.2, 0) is 50.6 Å². The molecular weight excluding hydrogens is 1600 g/mol. The maximum absolute atomic E-state index is 14.2. The molecule has 0 bridgehead atoms. The van der Waals surface area contributed by atoms with Crippen LogP contribution in [0, 0.1) is 0 Å². The molecule has 0 radical (unpaired) electrons. The van der Waals surface area contributed by atoms with Crippen LogP contribution < -0.4 is 48.4 Å². The third-order valence-corrected chi connectivity index (χ3v) is 26.8. The van der Waals surface area contributed by atoms with E-state index in [9.17, 15) is 14.4 Å². The fourth-order valence-electron chi connectivity index (χ4n) is 18.9. The van der Waals surface area contributed by atoms with E-state index < -0.39 is 0 Å². The van der Waals surface area contributed by atoms with Crippen molar-refractivity contribution in [3.05, 3.63) is 289 Å². The number of ether oxygens (including phenoxy) is 7. The number of hydrogen-bond donors (Lipinski definition) is 1. The summed E-state index contributed by atoms with van der Waals surface area (Å²) in [7, 11) is 9.93. The van der Waals surface area contributed by atoms with Gasteiger partial charge in [0.25, 0.3) is 17.7 Å². The summed E-state index contributed by atoms with van der Waals surface area (Å²) < 4.78 is 39.5. The summed E-state index contributed by atoms with van der Waals surface area (Å²) in [4.78, 5) is 66.9. The summed E-state index contributed by atoms with van der Waals surface area (Å²) >= 11 is 1.77. The maximum atomic E-state index is 14.2. The van der Waals surface area contributed by atoms with Gasteiger partial charge < -0.3 is 82.6 Å². The Bertz CT molecular complexity index is 5080. The molecule has 6 aliphatic rings. The van der Waals surface area contributed by atoms with Crippen LogP contribution in [0.3, 0.4) is 0 Å². The van der Waals surface area contributed by atoms with E-state index in [1.165, 1.54) is 33.1 Å². The molecule has 16 rings (SSSR count). The number of benzene rings is 9. The molecule has 3 atom stereocenters. The number of rotatable bonds is 38. The van der Waals surface area contributed by atoms with E-state index in [1.54, 1.807) is 54.0 Å². The third-order valence-electron chi connectivity index (χ3n) is 25.9. The number of fused-ring (bicyclic) bond motifs is 3. The number of carbonyl (C=O) groups is 3. The van der Waals surface area contributed by atoms with E-state index in [2.05, 4.69) is 209 Å². The van der Waals surface area contributed by atoms with E-state index in [-0.39, 0.29) is 35.8 Å². The third kappa shape index (κ3) is 22.5. The second-order valence-corrected chi connectivity index (χ2v) is 34.3. The number of anilines is 3. The summed E-state index contributed by atoms with van der Waals surface area (Å²) in [5.74, 6) is 4.43. The Hall–Kier alpha value is -11.0. The number of methoxy groups -OCH3 is 6. The molecule has 6 aliphatic heterocycles. The minimum atomic E-state index is -0.107. The van der Waals surface area contributed by atoms with Crippen LogP contribution in [0.5, 0.6) is 34.5 Å². The summed E-state index contributed by atoms with van der Waals surface area (Å²) in [5.41, 5.74) is 16.5. The van der Waals surface area contributed by atoms with Crippen LogP contribution in [0.15, 0.2) is 218 Å². The van der Waals surface area contributed by atoms with Crippen LogP contribution >= 0.6 is 11.3 Å². The van der Waals surface area contributed by atoms with Gasteiger partial charge in [0.2, 0.25) is 0 Å². The molecule has 0 saturated carbocycles. The van der Waals surface area contributed by atoms with Crippen molar-refractivity contribution in [2.24, 2.45) is 0 Å². The maximum Gasteiger partial charge on any atom is 0.255 e. The molecule has 3 amide bonds. The first-order valence-corrected chi connectivity index (χ1v) is 46.2. The van der Waals surface area contributed by atoms with Crippen LogP contribution in [0.25, 0.3) is 0 Å². The lowest BCUT2D eigenvalue weighted by atomic mass is 9.99. The highest BCUT2D eigenvalue weighted by Crippen LogP contribution is 2.45. The van der Waals surface area contributed by atoms with Crippen molar-refractivity contribution in [3.63, 3.8) is 0 Å². The van der Waals surface area contributed by atoms with Crippen molar-refractivity contribution in [1.29, 1.82) is 0 Å². The second kappa shape index (κ2) is 45.5. The number of hydrogen-bond acceptors (Lipinski definition) is 19. The highest BCUT2D eigenvalue weighted by Gasteiger charge is 2.41. The van der Waals surface area contributed by atoms with E-state index >= 15 is 0 Å². The molecule has 1 N–H and O–H groups in total. The van der Waals surface area contributed by atoms with Crippen LogP contribution in [0.2, 0.25) is 0 Å². The van der Waals surface area contributed by atoms with Gasteiger partial charge in [-0.25, -0.2) is 0 Å². The van der Waals surface area contributed by atoms with Gasteiger partial charge in [-0.3, -0.25) is 19.3 Å². The molecule has 0 unspecified atom stereocenters. The molecule has 3 saturated heterocycles. The van der Waals surface area contributed by atoms with Gasteiger partial charge in [0, 0.05) is 180 Å². The monoisotopic (exact) mass is 1720 g/mol. The lowest BCUT2D eigenvalue weighted by molar-refractivity contribution is 0.0658. The molecule has 7 heterocycles. The molecule has 0 aliphatic carbocycles. The van der Waals surface area contributed by atoms with E-state index in [0.717, 1.165) is 225 Å². The summed E-state index contributed by atoms with van der Waals surface area (Å²) in [6, 6.07) is 72.4. The topological polar surface area (TPSA) is 160 Å². The number of piperazine rings is 3. The van der Waals surface area contributed by atoms with Crippen LogP contribution in [0.4, 0.5) is 17.1 Å². The SMILES string of the molecule is CCN1CCN(c2cccc3c2CN([C@H](CCCN(Cc2ccccc2)Cc2ccccc2)c2ccc(OC)c(OC)c2)C3=O)CC1.CCN1CCN(c2cccc3c2CN([C@H](CCCNCc2cccs2)c2ccc(OC)c(OC)c2)C3=O)CC1.CCN1CCN(c2cccc3c2CN([C@H](CCCOCc2ccccc2)c2ccc(OC)c(OC)c2)C3=O)CC1.